The normalized spacial score (nSPS) is 10.0. The Bertz CT molecular complexity index is 553. The van der Waals surface area contributed by atoms with Crippen LogP contribution in [0.15, 0.2) is 22.7 Å². The summed E-state index contributed by atoms with van der Waals surface area (Å²) < 4.78 is 1.79. The van der Waals surface area contributed by atoms with Gasteiger partial charge in [0, 0.05) is 15.6 Å². The van der Waals surface area contributed by atoms with Gasteiger partial charge in [0.05, 0.1) is 4.47 Å². The van der Waals surface area contributed by atoms with Crippen molar-refractivity contribution < 1.29 is 4.79 Å². The van der Waals surface area contributed by atoms with E-state index in [9.17, 15) is 4.79 Å². The number of benzene rings is 1. The summed E-state index contributed by atoms with van der Waals surface area (Å²) in [5.41, 5.74) is 0.625. The smallest absolute Gasteiger partial charge is 0.150 e. The highest BCUT2D eigenvalue weighted by Gasteiger charge is 2.09. The van der Waals surface area contributed by atoms with Gasteiger partial charge in [0.15, 0.2) is 0 Å². The molecule has 0 atom stereocenters. The minimum atomic E-state index is 0.625. The molecule has 0 N–H and O–H groups in total. The number of aldehydes is 1. The van der Waals surface area contributed by atoms with Crippen molar-refractivity contribution in [1.82, 2.24) is 0 Å². The Kier molecular flexibility index (Phi) is 2.36. The van der Waals surface area contributed by atoms with Gasteiger partial charge in [0.1, 0.15) is 17.2 Å². The molecule has 0 unspecified atom stereocenters. The summed E-state index contributed by atoms with van der Waals surface area (Å²) in [6, 6.07) is 7.49. The van der Waals surface area contributed by atoms with Crippen molar-refractivity contribution in [1.29, 1.82) is 5.26 Å². The van der Waals surface area contributed by atoms with Gasteiger partial charge in [-0.25, -0.2) is 0 Å². The number of rotatable bonds is 1. The Morgan fingerprint density at radius 1 is 1.50 bits per heavy atom. The molecule has 1 heterocycles. The predicted octanol–water partition coefficient (Wildman–Crippen LogP) is 3.35. The molecule has 2 nitrogen and oxygen atoms in total. The average Bonchev–Trinajstić information content (AvgIpc) is 2.55. The molecule has 0 bridgehead atoms. The molecule has 0 saturated heterocycles. The third kappa shape index (κ3) is 1.35. The molecule has 0 fully saturated rings. The molecule has 1 aromatic heterocycles. The second-order valence-corrected chi connectivity index (χ2v) is 4.58. The maximum absolute atomic E-state index is 10.6. The summed E-state index contributed by atoms with van der Waals surface area (Å²) in [4.78, 5) is 11.2. The van der Waals surface area contributed by atoms with Crippen molar-refractivity contribution >= 4 is 43.6 Å². The van der Waals surface area contributed by atoms with Gasteiger partial charge in [-0.3, -0.25) is 4.79 Å². The second kappa shape index (κ2) is 3.52. The first-order valence-corrected chi connectivity index (χ1v) is 5.44. The van der Waals surface area contributed by atoms with Crippen molar-refractivity contribution in [3.8, 4) is 6.07 Å². The van der Waals surface area contributed by atoms with Crippen molar-refractivity contribution in [3.63, 3.8) is 0 Å². The number of carbonyl (C=O) groups excluding carboxylic acids is 1. The second-order valence-electron chi connectivity index (χ2n) is 2.73. The van der Waals surface area contributed by atoms with Crippen LogP contribution in [0.2, 0.25) is 0 Å². The monoisotopic (exact) mass is 265 g/mol. The fourth-order valence-electron chi connectivity index (χ4n) is 1.23. The van der Waals surface area contributed by atoms with Gasteiger partial charge in [0.25, 0.3) is 0 Å². The molecule has 0 aliphatic carbocycles. The lowest BCUT2D eigenvalue weighted by atomic mass is 10.2. The highest BCUT2D eigenvalue weighted by Crippen LogP contribution is 2.35. The fraction of sp³-hybridized carbons (Fsp3) is 0. The first-order chi connectivity index (χ1) is 6.76. The van der Waals surface area contributed by atoms with E-state index in [4.69, 9.17) is 5.26 Å². The topological polar surface area (TPSA) is 40.9 Å². The van der Waals surface area contributed by atoms with E-state index in [-0.39, 0.29) is 0 Å². The largest absolute Gasteiger partial charge is 0.298 e. The zero-order valence-corrected chi connectivity index (χ0v) is 9.35. The molecule has 0 aliphatic heterocycles. The molecule has 68 valence electrons. The Morgan fingerprint density at radius 3 is 2.93 bits per heavy atom. The number of fused-ring (bicyclic) bond motifs is 1. The Labute approximate surface area is 92.9 Å². The molecule has 4 heteroatoms. The molecule has 0 radical (unpaired) electrons. The lowest BCUT2D eigenvalue weighted by Gasteiger charge is -1.91. The number of halogens is 1. The maximum Gasteiger partial charge on any atom is 0.150 e. The minimum Gasteiger partial charge on any atom is -0.298 e. The highest BCUT2D eigenvalue weighted by molar-refractivity contribution is 9.10. The summed E-state index contributed by atoms with van der Waals surface area (Å²) >= 11 is 4.77. The fourth-order valence-corrected chi connectivity index (χ4v) is 2.89. The molecular weight excluding hydrogens is 262 g/mol. The summed E-state index contributed by atoms with van der Waals surface area (Å²) in [5.74, 6) is 0. The summed E-state index contributed by atoms with van der Waals surface area (Å²) in [5, 5.41) is 9.73. The van der Waals surface area contributed by atoms with Gasteiger partial charge in [-0.15, -0.1) is 11.3 Å². The summed E-state index contributed by atoms with van der Waals surface area (Å²) in [7, 11) is 0. The van der Waals surface area contributed by atoms with E-state index in [1.54, 1.807) is 12.1 Å². The van der Waals surface area contributed by atoms with Gasteiger partial charge in [0.2, 0.25) is 0 Å². The molecular formula is C10H4BrNOS. The lowest BCUT2D eigenvalue weighted by molar-refractivity contribution is 0.112. The van der Waals surface area contributed by atoms with Crippen LogP contribution in [0.25, 0.3) is 10.1 Å². The van der Waals surface area contributed by atoms with Crippen molar-refractivity contribution in [3.05, 3.63) is 33.1 Å². The van der Waals surface area contributed by atoms with Crippen LogP contribution in [0.3, 0.4) is 0 Å². The Morgan fingerprint density at radius 2 is 2.29 bits per heavy atom. The van der Waals surface area contributed by atoms with Crippen LogP contribution in [0.1, 0.15) is 15.2 Å². The first-order valence-electron chi connectivity index (χ1n) is 3.83. The standard InChI is InChI=1S/C10H4BrNOS/c11-10-7-3-6(5-13)1-2-8(7)14-9(10)4-12/h1-3,5H. The molecule has 0 saturated carbocycles. The van der Waals surface area contributed by atoms with E-state index in [2.05, 4.69) is 22.0 Å². The number of hydrogen-bond acceptors (Lipinski definition) is 3. The number of nitriles is 1. The van der Waals surface area contributed by atoms with Gasteiger partial charge in [-0.2, -0.15) is 5.26 Å². The van der Waals surface area contributed by atoms with E-state index in [1.165, 1.54) is 11.3 Å². The SMILES string of the molecule is N#Cc1sc2ccc(C=O)cc2c1Br. The Balaban J connectivity index is 2.82. The van der Waals surface area contributed by atoms with Crippen LogP contribution in [-0.2, 0) is 0 Å². The summed E-state index contributed by atoms with van der Waals surface area (Å²) in [6.45, 7) is 0. The summed E-state index contributed by atoms with van der Waals surface area (Å²) in [6.07, 6.45) is 0.801. The maximum atomic E-state index is 10.6. The van der Waals surface area contributed by atoms with Gasteiger partial charge < -0.3 is 0 Å². The lowest BCUT2D eigenvalue weighted by Crippen LogP contribution is -1.76. The van der Waals surface area contributed by atoms with E-state index >= 15 is 0 Å². The van der Waals surface area contributed by atoms with E-state index in [0.717, 1.165) is 20.8 Å². The van der Waals surface area contributed by atoms with Crippen LogP contribution < -0.4 is 0 Å². The molecule has 0 spiro atoms. The highest BCUT2D eigenvalue weighted by atomic mass is 79.9. The first kappa shape index (κ1) is 9.38. The van der Waals surface area contributed by atoms with Crippen LogP contribution in [0.5, 0.6) is 0 Å². The zero-order valence-electron chi connectivity index (χ0n) is 6.95. The number of carbonyl (C=O) groups is 1. The van der Waals surface area contributed by atoms with Crippen molar-refractivity contribution in [2.45, 2.75) is 0 Å². The average molecular weight is 266 g/mol. The van der Waals surface area contributed by atoms with E-state index in [1.807, 2.05) is 6.07 Å². The minimum absolute atomic E-state index is 0.625. The van der Waals surface area contributed by atoms with Crippen molar-refractivity contribution in [2.24, 2.45) is 0 Å². The van der Waals surface area contributed by atoms with Crippen molar-refractivity contribution in [2.75, 3.05) is 0 Å². The van der Waals surface area contributed by atoms with Gasteiger partial charge in [-0.1, -0.05) is 6.07 Å². The van der Waals surface area contributed by atoms with E-state index in [0.29, 0.717) is 10.4 Å². The molecule has 2 aromatic rings. The molecule has 2 rings (SSSR count). The van der Waals surface area contributed by atoms with Gasteiger partial charge in [-0.05, 0) is 28.1 Å². The number of nitrogens with zero attached hydrogens (tertiary/aromatic N) is 1. The Hall–Kier alpha value is -1.18. The molecule has 1 aromatic carbocycles. The molecule has 0 amide bonds. The number of hydrogen-bond donors (Lipinski definition) is 0. The molecule has 14 heavy (non-hydrogen) atoms. The van der Waals surface area contributed by atoms with Crippen LogP contribution in [0, 0.1) is 11.3 Å². The number of thiophene rings is 1. The van der Waals surface area contributed by atoms with Gasteiger partial charge >= 0.3 is 0 Å². The van der Waals surface area contributed by atoms with Crippen LogP contribution in [0.4, 0.5) is 0 Å². The van der Waals surface area contributed by atoms with E-state index < -0.39 is 0 Å². The third-order valence-corrected chi connectivity index (χ3v) is 4.05. The van der Waals surface area contributed by atoms with Crippen LogP contribution in [-0.4, -0.2) is 6.29 Å². The zero-order chi connectivity index (χ0) is 10.1. The third-order valence-electron chi connectivity index (χ3n) is 1.89. The molecule has 0 aliphatic rings. The quantitative estimate of drug-likeness (QED) is 0.742. The predicted molar refractivity (Wildman–Crippen MR) is 59.6 cm³/mol. The van der Waals surface area contributed by atoms with Crippen LogP contribution >= 0.6 is 27.3 Å².